The van der Waals surface area contributed by atoms with Gasteiger partial charge in [-0.25, -0.2) is 4.79 Å². The molecule has 0 saturated carbocycles. The van der Waals surface area contributed by atoms with Gasteiger partial charge in [0.15, 0.2) is 0 Å². The number of hydrogen-bond donors (Lipinski definition) is 1. The maximum absolute atomic E-state index is 11.2. The van der Waals surface area contributed by atoms with E-state index in [-0.39, 0.29) is 6.04 Å². The van der Waals surface area contributed by atoms with Gasteiger partial charge in [-0.2, -0.15) is 0 Å². The predicted molar refractivity (Wildman–Crippen MR) is 74.2 cm³/mol. The van der Waals surface area contributed by atoms with Crippen molar-refractivity contribution in [3.8, 4) is 0 Å². The smallest absolute Gasteiger partial charge is 0.413 e. The molecule has 1 unspecified atom stereocenters. The van der Waals surface area contributed by atoms with Gasteiger partial charge in [0.25, 0.3) is 0 Å². The molecule has 5 heteroatoms. The summed E-state index contributed by atoms with van der Waals surface area (Å²) in [6.45, 7) is 2.78. The van der Waals surface area contributed by atoms with Crippen molar-refractivity contribution in [2.24, 2.45) is 4.99 Å². The number of amides is 1. The van der Waals surface area contributed by atoms with Crippen molar-refractivity contribution >= 4 is 12.1 Å². The fraction of sp³-hybridized carbons (Fsp3) is 0.429. The van der Waals surface area contributed by atoms with Crippen molar-refractivity contribution in [3.63, 3.8) is 0 Å². The van der Waals surface area contributed by atoms with E-state index in [0.29, 0.717) is 12.5 Å². The third-order valence-corrected chi connectivity index (χ3v) is 3.39. The molecule has 0 aliphatic carbocycles. The number of likely N-dealkylation sites (N-methyl/N-ethyl adjacent to an activating group) is 1. The Hall–Kier alpha value is -2.04. The van der Waals surface area contributed by atoms with Crippen LogP contribution >= 0.6 is 0 Å². The van der Waals surface area contributed by atoms with E-state index in [1.165, 1.54) is 18.2 Å². The van der Waals surface area contributed by atoms with Gasteiger partial charge in [0.1, 0.15) is 0 Å². The normalized spacial score (nSPS) is 18.2. The van der Waals surface area contributed by atoms with E-state index in [0.717, 1.165) is 6.42 Å². The summed E-state index contributed by atoms with van der Waals surface area (Å²) in [6, 6.07) is 8.68. The summed E-state index contributed by atoms with van der Waals surface area (Å²) in [6.07, 6.45) is 0.541. The molecule has 0 saturated heterocycles. The van der Waals surface area contributed by atoms with Crippen LogP contribution in [0.2, 0.25) is 0 Å². The summed E-state index contributed by atoms with van der Waals surface area (Å²) in [4.78, 5) is 17.5. The van der Waals surface area contributed by atoms with Crippen LogP contribution in [0.3, 0.4) is 0 Å². The van der Waals surface area contributed by atoms with Gasteiger partial charge in [-0.05, 0) is 17.5 Å². The summed E-state index contributed by atoms with van der Waals surface area (Å²) in [5, 5.41) is 2.62. The Labute approximate surface area is 113 Å². The highest BCUT2D eigenvalue weighted by atomic mass is 16.5. The van der Waals surface area contributed by atoms with Crippen LogP contribution in [0.4, 0.5) is 4.79 Å². The molecular weight excluding hydrogens is 242 g/mol. The monoisotopic (exact) mass is 261 g/mol. The number of hydrogen-bond acceptors (Lipinski definition) is 4. The van der Waals surface area contributed by atoms with Gasteiger partial charge < -0.3 is 9.64 Å². The van der Waals surface area contributed by atoms with Gasteiger partial charge >= 0.3 is 6.09 Å². The number of alkyl carbamates (subject to hydrolysis) is 1. The van der Waals surface area contributed by atoms with E-state index >= 15 is 0 Å². The molecule has 1 N–H and O–H groups in total. The first kappa shape index (κ1) is 13.4. The standard InChI is InChI=1S/C14H19N3O2/c1-4-10-5-7-11(8-6-10)12-9-15-13(17(12)2)16-14(18)19-3/h5-8,12H,4,9H2,1-3H3,(H,15,16,18). The Morgan fingerprint density at radius 2 is 2.16 bits per heavy atom. The maximum Gasteiger partial charge on any atom is 0.413 e. The fourth-order valence-corrected chi connectivity index (χ4v) is 2.13. The minimum Gasteiger partial charge on any atom is -0.453 e. The summed E-state index contributed by atoms with van der Waals surface area (Å²) in [5.41, 5.74) is 2.52. The molecule has 1 atom stereocenters. The summed E-state index contributed by atoms with van der Waals surface area (Å²) in [7, 11) is 3.26. The molecule has 19 heavy (non-hydrogen) atoms. The number of aryl methyl sites for hydroxylation is 1. The van der Waals surface area contributed by atoms with Crippen LogP contribution in [0.5, 0.6) is 0 Å². The molecule has 1 aliphatic rings. The minimum atomic E-state index is -0.493. The number of benzene rings is 1. The van der Waals surface area contributed by atoms with E-state index < -0.39 is 6.09 Å². The lowest BCUT2D eigenvalue weighted by atomic mass is 10.0. The van der Waals surface area contributed by atoms with Crippen molar-refractivity contribution in [2.75, 3.05) is 20.7 Å². The van der Waals surface area contributed by atoms with Crippen molar-refractivity contribution in [1.82, 2.24) is 10.2 Å². The first-order valence-corrected chi connectivity index (χ1v) is 6.36. The van der Waals surface area contributed by atoms with Crippen molar-refractivity contribution in [1.29, 1.82) is 0 Å². The molecule has 1 aromatic carbocycles. The average molecular weight is 261 g/mol. The van der Waals surface area contributed by atoms with Gasteiger partial charge in [0, 0.05) is 7.05 Å². The lowest BCUT2D eigenvalue weighted by molar-refractivity contribution is 0.175. The van der Waals surface area contributed by atoms with E-state index in [9.17, 15) is 4.79 Å². The lowest BCUT2D eigenvalue weighted by Gasteiger charge is -2.23. The second kappa shape index (κ2) is 5.73. The van der Waals surface area contributed by atoms with Gasteiger partial charge in [-0.3, -0.25) is 10.3 Å². The van der Waals surface area contributed by atoms with Crippen LogP contribution < -0.4 is 5.32 Å². The topological polar surface area (TPSA) is 53.9 Å². The quantitative estimate of drug-likeness (QED) is 0.885. The summed E-state index contributed by atoms with van der Waals surface area (Å²) >= 11 is 0. The largest absolute Gasteiger partial charge is 0.453 e. The van der Waals surface area contributed by atoms with Crippen LogP contribution in [0.15, 0.2) is 29.3 Å². The van der Waals surface area contributed by atoms with Gasteiger partial charge in [0.2, 0.25) is 5.96 Å². The number of guanidine groups is 1. The molecule has 0 radical (unpaired) electrons. The Kier molecular flexibility index (Phi) is 4.04. The minimum absolute atomic E-state index is 0.165. The Balaban J connectivity index is 2.06. The molecule has 102 valence electrons. The Bertz CT molecular complexity index is 482. The zero-order valence-electron chi connectivity index (χ0n) is 11.5. The van der Waals surface area contributed by atoms with Crippen molar-refractivity contribution in [3.05, 3.63) is 35.4 Å². The third kappa shape index (κ3) is 2.86. The zero-order chi connectivity index (χ0) is 13.8. The summed E-state index contributed by atoms with van der Waals surface area (Å²) < 4.78 is 4.57. The number of methoxy groups -OCH3 is 1. The average Bonchev–Trinajstić information content (AvgIpc) is 2.80. The molecule has 1 aliphatic heterocycles. The van der Waals surface area contributed by atoms with Crippen LogP contribution in [0.1, 0.15) is 24.1 Å². The molecule has 2 rings (SSSR count). The first-order valence-electron chi connectivity index (χ1n) is 6.36. The molecule has 0 aromatic heterocycles. The van der Waals surface area contributed by atoms with E-state index in [1.807, 2.05) is 11.9 Å². The van der Waals surface area contributed by atoms with Gasteiger partial charge in [-0.15, -0.1) is 0 Å². The molecule has 0 fully saturated rings. The third-order valence-electron chi connectivity index (χ3n) is 3.39. The number of nitrogens with zero attached hydrogens (tertiary/aromatic N) is 2. The van der Waals surface area contributed by atoms with Gasteiger partial charge in [0.05, 0.1) is 19.7 Å². The van der Waals surface area contributed by atoms with Gasteiger partial charge in [-0.1, -0.05) is 31.2 Å². The molecule has 1 heterocycles. The fourth-order valence-electron chi connectivity index (χ4n) is 2.13. The number of aliphatic imine (C=N–C) groups is 1. The SMILES string of the molecule is CCc1ccc(C2CN=C(NC(=O)OC)N2C)cc1. The second-order valence-corrected chi connectivity index (χ2v) is 4.50. The number of carbonyl (C=O) groups excluding carboxylic acids is 1. The Morgan fingerprint density at radius 1 is 1.47 bits per heavy atom. The second-order valence-electron chi connectivity index (χ2n) is 4.50. The molecular formula is C14H19N3O2. The number of rotatable bonds is 2. The van der Waals surface area contributed by atoms with Crippen LogP contribution in [0, 0.1) is 0 Å². The van der Waals surface area contributed by atoms with Crippen molar-refractivity contribution in [2.45, 2.75) is 19.4 Å². The maximum atomic E-state index is 11.2. The number of nitrogens with one attached hydrogen (secondary N) is 1. The molecule has 1 amide bonds. The first-order chi connectivity index (χ1) is 9.15. The number of ether oxygens (including phenoxy) is 1. The highest BCUT2D eigenvalue weighted by molar-refractivity contribution is 5.94. The van der Waals surface area contributed by atoms with E-state index in [1.54, 1.807) is 0 Å². The Morgan fingerprint density at radius 3 is 2.74 bits per heavy atom. The molecule has 5 nitrogen and oxygen atoms in total. The molecule has 0 spiro atoms. The van der Waals surface area contributed by atoms with Crippen molar-refractivity contribution < 1.29 is 9.53 Å². The highest BCUT2D eigenvalue weighted by Gasteiger charge is 2.26. The zero-order valence-corrected chi connectivity index (χ0v) is 11.5. The van der Waals surface area contributed by atoms with E-state index in [4.69, 9.17) is 0 Å². The van der Waals surface area contributed by atoms with E-state index in [2.05, 4.69) is 46.2 Å². The lowest BCUT2D eigenvalue weighted by Crippen LogP contribution is -2.40. The molecule has 0 bridgehead atoms. The summed E-state index contributed by atoms with van der Waals surface area (Å²) in [5.74, 6) is 0.552. The van der Waals surface area contributed by atoms with Crippen LogP contribution in [0.25, 0.3) is 0 Å². The van der Waals surface area contributed by atoms with Crippen LogP contribution in [-0.4, -0.2) is 37.7 Å². The molecule has 1 aromatic rings. The number of carbonyl (C=O) groups is 1. The highest BCUT2D eigenvalue weighted by Crippen LogP contribution is 2.24. The van der Waals surface area contributed by atoms with Crippen LogP contribution in [-0.2, 0) is 11.2 Å². The predicted octanol–water partition coefficient (Wildman–Crippen LogP) is 1.95.